The average Bonchev–Trinajstić information content (AvgIpc) is 3.02. The summed E-state index contributed by atoms with van der Waals surface area (Å²) < 4.78 is 21.3. The van der Waals surface area contributed by atoms with Crippen molar-refractivity contribution in [1.29, 1.82) is 0 Å². The molecule has 2 saturated heterocycles. The van der Waals surface area contributed by atoms with Gasteiger partial charge in [0.1, 0.15) is 48.8 Å². The first-order chi connectivity index (χ1) is 21.7. The highest BCUT2D eigenvalue weighted by atomic mass is 16.7. The Kier molecular flexibility index (Phi) is 15.9. The number of rotatable bonds is 13. The number of hydrogen-bond acceptors (Lipinski definition) is 13. The summed E-state index contributed by atoms with van der Waals surface area (Å²) in [6, 6.07) is 0. The molecule has 8 N–H and O–H groups in total. The standard InChI is InChI=1S/C32H44O14/c1-17(11-7-13-19(3)29(40)41)9-5-6-10-18(2)12-8-14-20(4)30(42)46-32-28(39)26(37)24(35)22(45-32)16-43-31-27(38)25(36)23(34)21(15-33)44-31/h5-14,21-28,31-39H,15-16H2,1-4H3,(H,40,41)/b6-5+,11-7+,12-8+,17-9-,18-10+,19-13+,20-14+/t21?,22?,23-,24-,25+,26+,27?,28?,31-,32+/m1/s1. The maximum Gasteiger partial charge on any atom is 0.336 e. The van der Waals surface area contributed by atoms with Gasteiger partial charge in [-0.05, 0) is 27.7 Å². The number of allylic oxidation sites excluding steroid dienone is 12. The molecule has 14 nitrogen and oxygen atoms in total. The molecule has 0 spiro atoms. The van der Waals surface area contributed by atoms with Crippen molar-refractivity contribution < 1.29 is 69.4 Å². The largest absolute Gasteiger partial charge is 0.478 e. The smallest absolute Gasteiger partial charge is 0.336 e. The number of ether oxygens (including phenoxy) is 4. The summed E-state index contributed by atoms with van der Waals surface area (Å²) in [7, 11) is 0. The van der Waals surface area contributed by atoms with E-state index in [-0.39, 0.29) is 11.1 Å². The molecule has 0 aromatic rings. The highest BCUT2D eigenvalue weighted by Gasteiger charge is 2.48. The van der Waals surface area contributed by atoms with Gasteiger partial charge in [0.15, 0.2) is 6.29 Å². The summed E-state index contributed by atoms with van der Waals surface area (Å²) in [5.41, 5.74) is 2.11. The van der Waals surface area contributed by atoms with E-state index in [0.29, 0.717) is 0 Å². The van der Waals surface area contributed by atoms with Crippen LogP contribution in [0.3, 0.4) is 0 Å². The monoisotopic (exact) mass is 652 g/mol. The zero-order valence-electron chi connectivity index (χ0n) is 26.0. The van der Waals surface area contributed by atoms with Crippen LogP contribution in [0.5, 0.6) is 0 Å². The molecule has 14 heteroatoms. The van der Waals surface area contributed by atoms with Crippen LogP contribution in [-0.4, -0.2) is 127 Å². The van der Waals surface area contributed by atoms with Gasteiger partial charge in [-0.25, -0.2) is 9.59 Å². The number of aliphatic hydroxyl groups is 7. The predicted molar refractivity (Wildman–Crippen MR) is 163 cm³/mol. The second-order valence-corrected chi connectivity index (χ2v) is 10.9. The van der Waals surface area contributed by atoms with Crippen LogP contribution < -0.4 is 0 Å². The van der Waals surface area contributed by atoms with E-state index in [2.05, 4.69) is 0 Å². The van der Waals surface area contributed by atoms with E-state index in [4.69, 9.17) is 24.1 Å². The molecule has 4 unspecified atom stereocenters. The van der Waals surface area contributed by atoms with Crippen LogP contribution in [0.4, 0.5) is 0 Å². The van der Waals surface area contributed by atoms with E-state index in [9.17, 15) is 45.3 Å². The Labute approximate surface area is 266 Å². The summed E-state index contributed by atoms with van der Waals surface area (Å²) in [6.45, 7) is 5.43. The summed E-state index contributed by atoms with van der Waals surface area (Å²) in [5, 5.41) is 79.1. The zero-order chi connectivity index (χ0) is 34.6. The van der Waals surface area contributed by atoms with Crippen molar-refractivity contribution in [2.75, 3.05) is 13.2 Å². The van der Waals surface area contributed by atoms with Crippen molar-refractivity contribution in [3.05, 3.63) is 83.1 Å². The number of carboxylic acid groups (broad SMARTS) is 1. The molecule has 0 aliphatic carbocycles. The molecule has 0 saturated carbocycles. The lowest BCUT2D eigenvalue weighted by atomic mass is 9.98. The Hall–Kier alpha value is -3.28. The quantitative estimate of drug-likeness (QED) is 0.0725. The minimum Gasteiger partial charge on any atom is -0.478 e. The van der Waals surface area contributed by atoms with Gasteiger partial charge in [-0.3, -0.25) is 0 Å². The predicted octanol–water partition coefficient (Wildman–Crippen LogP) is -0.308. The molecule has 2 aliphatic heterocycles. The van der Waals surface area contributed by atoms with Gasteiger partial charge in [0.25, 0.3) is 0 Å². The molecule has 256 valence electrons. The van der Waals surface area contributed by atoms with E-state index >= 15 is 0 Å². The maximum absolute atomic E-state index is 12.6. The Bertz CT molecular complexity index is 1240. The van der Waals surface area contributed by atoms with Gasteiger partial charge in [-0.2, -0.15) is 0 Å². The first kappa shape index (κ1) is 38.9. The van der Waals surface area contributed by atoms with E-state index in [0.717, 1.165) is 11.1 Å². The van der Waals surface area contributed by atoms with Gasteiger partial charge in [0, 0.05) is 11.1 Å². The molecule has 2 rings (SSSR count). The van der Waals surface area contributed by atoms with Crippen LogP contribution in [0.1, 0.15) is 27.7 Å². The van der Waals surface area contributed by atoms with E-state index < -0.39 is 86.6 Å². The second kappa shape index (κ2) is 18.8. The van der Waals surface area contributed by atoms with Gasteiger partial charge in [-0.1, -0.05) is 71.9 Å². The minimum atomic E-state index is -1.80. The lowest BCUT2D eigenvalue weighted by Crippen LogP contribution is -2.61. The molecule has 0 aromatic carbocycles. The van der Waals surface area contributed by atoms with E-state index in [1.165, 1.54) is 26.0 Å². The van der Waals surface area contributed by atoms with Crippen LogP contribution in [0, 0.1) is 0 Å². The first-order valence-electron chi connectivity index (χ1n) is 14.5. The number of hydrogen-bond donors (Lipinski definition) is 8. The van der Waals surface area contributed by atoms with Crippen molar-refractivity contribution in [3.8, 4) is 0 Å². The summed E-state index contributed by atoms with van der Waals surface area (Å²) in [5.74, 6) is -1.86. The third-order valence-corrected chi connectivity index (χ3v) is 7.06. The van der Waals surface area contributed by atoms with Crippen molar-refractivity contribution in [2.24, 2.45) is 0 Å². The molecule has 0 bridgehead atoms. The minimum absolute atomic E-state index is 0.127. The molecule has 2 aliphatic rings. The molecular formula is C32H44O14. The molecule has 0 radical (unpaired) electrons. The van der Waals surface area contributed by atoms with E-state index in [1.807, 2.05) is 32.1 Å². The zero-order valence-corrected chi connectivity index (χ0v) is 26.0. The Morgan fingerprint density at radius 3 is 1.63 bits per heavy atom. The summed E-state index contributed by atoms with van der Waals surface area (Å²) >= 11 is 0. The fraction of sp³-hybridized carbons (Fsp3) is 0.500. The number of carboxylic acids is 1. The van der Waals surface area contributed by atoms with Crippen LogP contribution >= 0.6 is 0 Å². The molecule has 10 atom stereocenters. The van der Waals surface area contributed by atoms with Gasteiger partial charge in [-0.15, -0.1) is 0 Å². The molecule has 2 fully saturated rings. The Morgan fingerprint density at radius 1 is 0.630 bits per heavy atom. The molecule has 2 heterocycles. The number of carbonyl (C=O) groups excluding carboxylic acids is 1. The third-order valence-electron chi connectivity index (χ3n) is 7.06. The number of carbonyl (C=O) groups is 2. The molecular weight excluding hydrogens is 608 g/mol. The normalized spacial score (nSPS) is 33.7. The Morgan fingerprint density at radius 2 is 1.11 bits per heavy atom. The summed E-state index contributed by atoms with van der Waals surface area (Å²) in [4.78, 5) is 23.4. The van der Waals surface area contributed by atoms with Crippen molar-refractivity contribution >= 4 is 11.9 Å². The topological polar surface area (TPSA) is 233 Å². The highest BCUT2D eigenvalue weighted by Crippen LogP contribution is 2.26. The van der Waals surface area contributed by atoms with Crippen molar-refractivity contribution in [3.63, 3.8) is 0 Å². The average molecular weight is 653 g/mol. The van der Waals surface area contributed by atoms with Gasteiger partial charge < -0.3 is 59.8 Å². The fourth-order valence-corrected chi connectivity index (χ4v) is 4.10. The Balaban J connectivity index is 1.94. The highest BCUT2D eigenvalue weighted by molar-refractivity contribution is 5.88. The van der Waals surface area contributed by atoms with E-state index in [1.54, 1.807) is 30.4 Å². The van der Waals surface area contributed by atoms with Crippen LogP contribution in [-0.2, 0) is 28.5 Å². The molecule has 46 heavy (non-hydrogen) atoms. The van der Waals surface area contributed by atoms with Crippen LogP contribution in [0.15, 0.2) is 83.1 Å². The third kappa shape index (κ3) is 11.5. The number of aliphatic carboxylic acids is 1. The van der Waals surface area contributed by atoms with Gasteiger partial charge in [0.05, 0.1) is 13.2 Å². The number of aliphatic hydroxyl groups excluding tert-OH is 7. The molecule has 0 amide bonds. The van der Waals surface area contributed by atoms with Crippen molar-refractivity contribution in [2.45, 2.75) is 89.1 Å². The fourth-order valence-electron chi connectivity index (χ4n) is 4.10. The summed E-state index contributed by atoms with van der Waals surface area (Å²) in [6.07, 6.45) is 0.855. The van der Waals surface area contributed by atoms with Crippen LogP contribution in [0.25, 0.3) is 0 Å². The lowest BCUT2D eigenvalue weighted by molar-refractivity contribution is -0.326. The second-order valence-electron chi connectivity index (χ2n) is 10.9. The van der Waals surface area contributed by atoms with Gasteiger partial charge in [0.2, 0.25) is 6.29 Å². The lowest BCUT2D eigenvalue weighted by Gasteiger charge is -2.42. The maximum atomic E-state index is 12.6. The van der Waals surface area contributed by atoms with Crippen molar-refractivity contribution in [1.82, 2.24) is 0 Å². The molecule has 0 aromatic heterocycles. The number of esters is 1. The SMILES string of the molecule is CC(=C/C=C/C=C(C)/C=C/C=C(\C)C(=O)O[C@@H]1OC(CO[C@@H]2OC(CO)[C@@H](O)[C@H](O)C2O)[C@@H](O)[C@H](O)C1O)/C=C/C=C(\C)C(=O)O. The van der Waals surface area contributed by atoms with Gasteiger partial charge >= 0.3 is 11.9 Å². The van der Waals surface area contributed by atoms with Crippen LogP contribution in [0.2, 0.25) is 0 Å². The first-order valence-corrected chi connectivity index (χ1v) is 14.5.